The Balaban J connectivity index is 1.55. The van der Waals surface area contributed by atoms with Crippen LogP contribution in [0, 0.1) is 6.92 Å². The summed E-state index contributed by atoms with van der Waals surface area (Å²) >= 11 is 0. The summed E-state index contributed by atoms with van der Waals surface area (Å²) in [7, 11) is 0. The van der Waals surface area contributed by atoms with Crippen LogP contribution in [0.3, 0.4) is 0 Å². The lowest BCUT2D eigenvalue weighted by Gasteiger charge is -2.23. The van der Waals surface area contributed by atoms with Crippen molar-refractivity contribution in [3.63, 3.8) is 0 Å². The summed E-state index contributed by atoms with van der Waals surface area (Å²) in [5, 5.41) is 4.14. The molecule has 0 N–H and O–H groups in total. The molecule has 0 saturated carbocycles. The first-order valence-electron chi connectivity index (χ1n) is 10.1. The van der Waals surface area contributed by atoms with Crippen LogP contribution in [0.25, 0.3) is 11.4 Å². The third kappa shape index (κ3) is 3.95. The molecule has 1 aliphatic rings. The molecular formula is C24H27N3O2. The van der Waals surface area contributed by atoms with Crippen molar-refractivity contribution in [2.24, 2.45) is 0 Å². The average Bonchev–Trinajstić information content (AvgIpc) is 3.37. The Morgan fingerprint density at radius 3 is 2.41 bits per heavy atom. The fourth-order valence-corrected chi connectivity index (χ4v) is 3.74. The van der Waals surface area contributed by atoms with Gasteiger partial charge in [0.15, 0.2) is 0 Å². The lowest BCUT2D eigenvalue weighted by molar-refractivity contribution is 0.0710. The zero-order chi connectivity index (χ0) is 20.6. The molecule has 3 aromatic rings. The van der Waals surface area contributed by atoms with E-state index in [2.05, 4.69) is 30.9 Å². The lowest BCUT2D eigenvalue weighted by atomic mass is 9.86. The fourth-order valence-electron chi connectivity index (χ4n) is 3.74. The van der Waals surface area contributed by atoms with Gasteiger partial charge in [0, 0.05) is 17.7 Å². The van der Waals surface area contributed by atoms with Gasteiger partial charge >= 0.3 is 0 Å². The van der Waals surface area contributed by atoms with Gasteiger partial charge < -0.3 is 9.42 Å². The molecule has 1 amide bonds. The third-order valence-electron chi connectivity index (χ3n) is 5.55. The first kappa shape index (κ1) is 19.4. The summed E-state index contributed by atoms with van der Waals surface area (Å²) in [6, 6.07) is 15.8. The van der Waals surface area contributed by atoms with Gasteiger partial charge in [-0.05, 0) is 42.9 Å². The van der Waals surface area contributed by atoms with Crippen LogP contribution in [-0.2, 0) is 5.41 Å². The van der Waals surface area contributed by atoms with Crippen LogP contribution in [0.4, 0.5) is 0 Å². The molecule has 0 radical (unpaired) electrons. The monoisotopic (exact) mass is 389 g/mol. The number of aromatic nitrogens is 2. The number of amides is 1. The molecule has 29 heavy (non-hydrogen) atoms. The Morgan fingerprint density at radius 2 is 1.76 bits per heavy atom. The molecule has 4 rings (SSSR count). The minimum atomic E-state index is -0.170. The van der Waals surface area contributed by atoms with Crippen molar-refractivity contribution in [2.45, 2.75) is 52.0 Å². The van der Waals surface area contributed by atoms with Crippen LogP contribution in [0.5, 0.6) is 0 Å². The first-order chi connectivity index (χ1) is 13.8. The second-order valence-electron chi connectivity index (χ2n) is 8.81. The van der Waals surface area contributed by atoms with Gasteiger partial charge in [-0.1, -0.05) is 67.9 Å². The lowest BCUT2D eigenvalue weighted by Crippen LogP contribution is -2.30. The molecule has 150 valence electrons. The highest BCUT2D eigenvalue weighted by Crippen LogP contribution is 2.33. The SMILES string of the molecule is Cc1ccc(-c2noc(C3CCCN3C(=O)c3ccc(C(C)(C)C)cc3)n2)cc1. The van der Waals surface area contributed by atoms with Gasteiger partial charge in [-0.3, -0.25) is 4.79 Å². The third-order valence-corrected chi connectivity index (χ3v) is 5.55. The highest BCUT2D eigenvalue weighted by Gasteiger charge is 2.34. The summed E-state index contributed by atoms with van der Waals surface area (Å²) in [5.41, 5.74) is 4.07. The number of carbonyl (C=O) groups excluding carboxylic acids is 1. The fraction of sp³-hybridized carbons (Fsp3) is 0.375. The Bertz CT molecular complexity index is 998. The molecule has 2 aromatic carbocycles. The maximum atomic E-state index is 13.1. The number of carbonyl (C=O) groups is 1. The molecule has 2 heterocycles. The van der Waals surface area contributed by atoms with Gasteiger partial charge in [-0.2, -0.15) is 4.98 Å². The largest absolute Gasteiger partial charge is 0.337 e. The van der Waals surface area contributed by atoms with E-state index in [9.17, 15) is 4.79 Å². The summed E-state index contributed by atoms with van der Waals surface area (Å²) in [6.45, 7) is 9.25. The molecule has 5 nitrogen and oxygen atoms in total. The summed E-state index contributed by atoms with van der Waals surface area (Å²) in [6.07, 6.45) is 1.76. The van der Waals surface area contributed by atoms with Gasteiger partial charge in [-0.15, -0.1) is 0 Å². The van der Waals surface area contributed by atoms with E-state index in [1.165, 1.54) is 11.1 Å². The molecule has 0 spiro atoms. The minimum absolute atomic E-state index is 0.0167. The zero-order valence-corrected chi connectivity index (χ0v) is 17.5. The van der Waals surface area contributed by atoms with Crippen LogP contribution in [0.15, 0.2) is 53.1 Å². The van der Waals surface area contributed by atoms with Gasteiger partial charge in [0.05, 0.1) is 0 Å². The van der Waals surface area contributed by atoms with Crippen molar-refractivity contribution in [1.82, 2.24) is 15.0 Å². The molecule has 1 saturated heterocycles. The highest BCUT2D eigenvalue weighted by atomic mass is 16.5. The van der Waals surface area contributed by atoms with Crippen molar-refractivity contribution in [3.8, 4) is 11.4 Å². The van der Waals surface area contributed by atoms with E-state index in [-0.39, 0.29) is 17.4 Å². The molecular weight excluding hydrogens is 362 g/mol. The van der Waals surface area contributed by atoms with Gasteiger partial charge in [-0.25, -0.2) is 0 Å². The standard InChI is InChI=1S/C24H27N3O2/c1-16-7-9-17(10-8-16)21-25-22(29-26-21)20-6-5-15-27(20)23(28)18-11-13-19(14-12-18)24(2,3)4/h7-14,20H,5-6,15H2,1-4H3. The van der Waals surface area contributed by atoms with Crippen LogP contribution in [-0.4, -0.2) is 27.5 Å². The number of hydrogen-bond donors (Lipinski definition) is 0. The van der Waals surface area contributed by atoms with Crippen LogP contribution >= 0.6 is 0 Å². The first-order valence-corrected chi connectivity index (χ1v) is 10.1. The predicted molar refractivity (Wildman–Crippen MR) is 113 cm³/mol. The number of benzene rings is 2. The van der Waals surface area contributed by atoms with Crippen molar-refractivity contribution in [2.75, 3.05) is 6.54 Å². The zero-order valence-electron chi connectivity index (χ0n) is 17.5. The Kier molecular flexibility index (Phi) is 4.99. The van der Waals surface area contributed by atoms with Gasteiger partial charge in [0.1, 0.15) is 6.04 Å². The molecule has 1 atom stereocenters. The summed E-state index contributed by atoms with van der Waals surface area (Å²) in [4.78, 5) is 19.6. The van der Waals surface area contributed by atoms with Crippen molar-refractivity contribution >= 4 is 5.91 Å². The minimum Gasteiger partial charge on any atom is -0.337 e. The highest BCUT2D eigenvalue weighted by molar-refractivity contribution is 5.94. The molecule has 1 unspecified atom stereocenters. The smallest absolute Gasteiger partial charge is 0.254 e. The van der Waals surface area contributed by atoms with E-state index in [1.807, 2.05) is 60.4 Å². The van der Waals surface area contributed by atoms with Crippen LogP contribution in [0.1, 0.15) is 67.0 Å². The van der Waals surface area contributed by atoms with Crippen LogP contribution < -0.4 is 0 Å². The quantitative estimate of drug-likeness (QED) is 0.608. The number of rotatable bonds is 3. The van der Waals surface area contributed by atoms with E-state index in [1.54, 1.807) is 0 Å². The Labute approximate surface area is 171 Å². The van der Waals surface area contributed by atoms with Crippen LogP contribution in [0.2, 0.25) is 0 Å². The average molecular weight is 389 g/mol. The van der Waals surface area contributed by atoms with E-state index >= 15 is 0 Å². The molecule has 0 aliphatic carbocycles. The normalized spacial score (nSPS) is 17.0. The molecule has 1 aromatic heterocycles. The number of hydrogen-bond acceptors (Lipinski definition) is 4. The molecule has 1 fully saturated rings. The van der Waals surface area contributed by atoms with Crippen molar-refractivity contribution in [1.29, 1.82) is 0 Å². The summed E-state index contributed by atoms with van der Waals surface area (Å²) < 4.78 is 5.56. The molecule has 0 bridgehead atoms. The van der Waals surface area contributed by atoms with E-state index < -0.39 is 0 Å². The topological polar surface area (TPSA) is 59.2 Å². The van der Waals surface area contributed by atoms with Gasteiger partial charge in [0.25, 0.3) is 5.91 Å². The Morgan fingerprint density at radius 1 is 1.07 bits per heavy atom. The number of likely N-dealkylation sites (tertiary alicyclic amines) is 1. The Hall–Kier alpha value is -2.95. The maximum Gasteiger partial charge on any atom is 0.254 e. The van der Waals surface area contributed by atoms with E-state index in [0.717, 1.165) is 18.4 Å². The summed E-state index contributed by atoms with van der Waals surface area (Å²) in [5.74, 6) is 1.09. The van der Waals surface area contributed by atoms with Crippen molar-refractivity contribution < 1.29 is 9.32 Å². The number of nitrogens with zero attached hydrogens (tertiary/aromatic N) is 3. The van der Waals surface area contributed by atoms with Gasteiger partial charge in [0.2, 0.25) is 11.7 Å². The molecule has 5 heteroatoms. The predicted octanol–water partition coefficient (Wildman–Crippen LogP) is 5.32. The van der Waals surface area contributed by atoms with Crippen molar-refractivity contribution in [3.05, 3.63) is 71.1 Å². The molecule has 1 aliphatic heterocycles. The second kappa shape index (κ2) is 7.47. The van der Waals surface area contributed by atoms with E-state index in [0.29, 0.717) is 23.8 Å². The second-order valence-corrected chi connectivity index (χ2v) is 8.81. The van der Waals surface area contributed by atoms with E-state index in [4.69, 9.17) is 4.52 Å². The maximum absolute atomic E-state index is 13.1. The number of aryl methyl sites for hydroxylation is 1.